The average molecular weight is 202 g/mol. The highest BCUT2D eigenvalue weighted by Gasteiger charge is 2.25. The lowest BCUT2D eigenvalue weighted by atomic mass is 10.1. The molecule has 0 aliphatic carbocycles. The number of carbonyl (C=O) groups is 1. The summed E-state index contributed by atoms with van der Waals surface area (Å²) in [5, 5.41) is 21.2. The van der Waals surface area contributed by atoms with Gasteiger partial charge in [-0.25, -0.2) is 0 Å². The Hall–Kier alpha value is -0.650. The Morgan fingerprint density at radius 2 is 2.36 bits per heavy atom. The van der Waals surface area contributed by atoms with Gasteiger partial charge < -0.3 is 20.4 Å². The van der Waals surface area contributed by atoms with Crippen LogP contribution in [0.15, 0.2) is 0 Å². The summed E-state index contributed by atoms with van der Waals surface area (Å²) in [6, 6.07) is 0.0915. The average Bonchev–Trinajstić information content (AvgIpc) is 2.49. The molecule has 1 aliphatic heterocycles. The monoisotopic (exact) mass is 202 g/mol. The molecule has 1 heterocycles. The largest absolute Gasteiger partial charge is 0.481 e. The highest BCUT2D eigenvalue weighted by Crippen LogP contribution is 2.07. The smallest absolute Gasteiger partial charge is 0.304 e. The second kappa shape index (κ2) is 5.29. The number of aliphatic hydroxyl groups excluding tert-OH is 1. The van der Waals surface area contributed by atoms with Crippen LogP contribution in [0.2, 0.25) is 0 Å². The summed E-state index contributed by atoms with van der Waals surface area (Å²) < 4.78 is 0. The van der Waals surface area contributed by atoms with Crippen LogP contribution in [0.3, 0.4) is 0 Å². The van der Waals surface area contributed by atoms with E-state index < -0.39 is 5.97 Å². The van der Waals surface area contributed by atoms with Crippen molar-refractivity contribution in [1.82, 2.24) is 10.2 Å². The van der Waals surface area contributed by atoms with Gasteiger partial charge in [0.2, 0.25) is 0 Å². The zero-order chi connectivity index (χ0) is 10.6. The van der Waals surface area contributed by atoms with Crippen molar-refractivity contribution in [3.8, 4) is 0 Å². The van der Waals surface area contributed by atoms with Gasteiger partial charge in [0.05, 0.1) is 12.5 Å². The summed E-state index contributed by atoms with van der Waals surface area (Å²) in [5.41, 5.74) is 0. The highest BCUT2D eigenvalue weighted by molar-refractivity contribution is 5.66. The van der Waals surface area contributed by atoms with Crippen LogP contribution in [0.1, 0.15) is 12.8 Å². The molecule has 1 rings (SSSR count). The van der Waals surface area contributed by atoms with E-state index in [1.807, 2.05) is 11.9 Å². The number of aliphatic hydroxyl groups is 1. The van der Waals surface area contributed by atoms with Gasteiger partial charge in [0.25, 0.3) is 0 Å². The van der Waals surface area contributed by atoms with Crippen LogP contribution in [-0.2, 0) is 4.79 Å². The van der Waals surface area contributed by atoms with Crippen LogP contribution in [0.4, 0.5) is 0 Å². The first kappa shape index (κ1) is 11.4. The van der Waals surface area contributed by atoms with Gasteiger partial charge in [0.15, 0.2) is 0 Å². The van der Waals surface area contributed by atoms with E-state index in [4.69, 9.17) is 5.11 Å². The number of nitrogens with zero attached hydrogens (tertiary/aromatic N) is 1. The topological polar surface area (TPSA) is 72.8 Å². The van der Waals surface area contributed by atoms with Gasteiger partial charge in [-0.1, -0.05) is 0 Å². The van der Waals surface area contributed by atoms with Crippen molar-refractivity contribution in [2.24, 2.45) is 0 Å². The number of aliphatic carboxylic acids is 1. The van der Waals surface area contributed by atoms with Gasteiger partial charge in [0.1, 0.15) is 0 Å². The van der Waals surface area contributed by atoms with Crippen molar-refractivity contribution >= 4 is 5.97 Å². The molecule has 0 spiro atoms. The number of likely N-dealkylation sites (N-methyl/N-ethyl adjacent to an activating group) is 1. The lowest BCUT2D eigenvalue weighted by Gasteiger charge is -2.22. The van der Waals surface area contributed by atoms with Crippen molar-refractivity contribution in [3.05, 3.63) is 0 Å². The fourth-order valence-electron chi connectivity index (χ4n) is 1.65. The molecule has 0 saturated carbocycles. The zero-order valence-corrected chi connectivity index (χ0v) is 8.44. The summed E-state index contributed by atoms with van der Waals surface area (Å²) >= 11 is 0. The minimum absolute atomic E-state index is 0.0915. The fourth-order valence-corrected chi connectivity index (χ4v) is 1.65. The van der Waals surface area contributed by atoms with Gasteiger partial charge in [-0.05, 0) is 20.0 Å². The molecule has 14 heavy (non-hydrogen) atoms. The molecule has 2 atom stereocenters. The van der Waals surface area contributed by atoms with E-state index in [0.717, 1.165) is 13.0 Å². The van der Waals surface area contributed by atoms with Gasteiger partial charge in [-0.3, -0.25) is 4.79 Å². The maximum atomic E-state index is 10.3. The third-order valence-corrected chi connectivity index (χ3v) is 2.53. The summed E-state index contributed by atoms with van der Waals surface area (Å²) in [6.45, 7) is 2.08. The van der Waals surface area contributed by atoms with Crippen LogP contribution < -0.4 is 5.32 Å². The van der Waals surface area contributed by atoms with Crippen LogP contribution in [0.25, 0.3) is 0 Å². The van der Waals surface area contributed by atoms with E-state index in [-0.39, 0.29) is 18.6 Å². The molecule has 0 amide bonds. The molecule has 2 unspecified atom stereocenters. The second-order valence-corrected chi connectivity index (χ2v) is 3.82. The van der Waals surface area contributed by atoms with Crippen LogP contribution >= 0.6 is 0 Å². The van der Waals surface area contributed by atoms with Crippen molar-refractivity contribution in [3.63, 3.8) is 0 Å². The minimum atomic E-state index is -0.781. The molecule has 0 aromatic rings. The molecule has 0 aromatic carbocycles. The number of rotatable bonds is 5. The second-order valence-electron chi connectivity index (χ2n) is 3.82. The summed E-state index contributed by atoms with van der Waals surface area (Å²) in [5.74, 6) is -0.781. The van der Waals surface area contributed by atoms with Crippen molar-refractivity contribution in [2.75, 3.05) is 26.7 Å². The number of carboxylic acid groups (broad SMARTS) is 1. The first-order valence-corrected chi connectivity index (χ1v) is 4.91. The fraction of sp³-hybridized carbons (Fsp3) is 0.889. The van der Waals surface area contributed by atoms with Crippen LogP contribution in [0, 0.1) is 0 Å². The number of hydrogen-bond acceptors (Lipinski definition) is 4. The van der Waals surface area contributed by atoms with Crippen LogP contribution in [-0.4, -0.2) is 59.9 Å². The number of hydrogen-bond donors (Lipinski definition) is 3. The molecule has 82 valence electrons. The molecule has 3 N–H and O–H groups in total. The molecular weight excluding hydrogens is 184 g/mol. The van der Waals surface area contributed by atoms with Gasteiger partial charge >= 0.3 is 5.97 Å². The first-order chi connectivity index (χ1) is 6.59. The maximum Gasteiger partial charge on any atom is 0.304 e. The summed E-state index contributed by atoms with van der Waals surface area (Å²) in [6.07, 6.45) is 0.652. The number of carboxylic acids is 1. The molecule has 0 aromatic heterocycles. The summed E-state index contributed by atoms with van der Waals surface area (Å²) in [4.78, 5) is 12.2. The van der Waals surface area contributed by atoms with E-state index in [1.165, 1.54) is 0 Å². The normalized spacial score (nSPS) is 27.1. The third kappa shape index (κ3) is 3.61. The van der Waals surface area contributed by atoms with Crippen molar-refractivity contribution < 1.29 is 15.0 Å². The van der Waals surface area contributed by atoms with Crippen molar-refractivity contribution in [1.29, 1.82) is 0 Å². The lowest BCUT2D eigenvalue weighted by Crippen LogP contribution is -2.41. The lowest BCUT2D eigenvalue weighted by molar-refractivity contribution is -0.137. The minimum Gasteiger partial charge on any atom is -0.481 e. The predicted octanol–water partition coefficient (Wildman–Crippen LogP) is -0.884. The van der Waals surface area contributed by atoms with E-state index in [0.29, 0.717) is 13.1 Å². The Bertz CT molecular complexity index is 198. The summed E-state index contributed by atoms with van der Waals surface area (Å²) in [7, 11) is 1.87. The Morgan fingerprint density at radius 3 is 2.86 bits per heavy atom. The molecule has 1 fully saturated rings. The Kier molecular flexibility index (Phi) is 4.31. The van der Waals surface area contributed by atoms with Gasteiger partial charge in [-0.2, -0.15) is 0 Å². The van der Waals surface area contributed by atoms with E-state index in [2.05, 4.69) is 5.32 Å². The zero-order valence-electron chi connectivity index (χ0n) is 8.44. The standard InChI is InChI=1S/C9H18N2O3/c1-11(5-3-9(13)14)6-7-8(12)2-4-10-7/h7-8,10,12H,2-6H2,1H3,(H,13,14). The Morgan fingerprint density at radius 1 is 1.64 bits per heavy atom. The SMILES string of the molecule is CN(CCC(=O)O)CC1NCCC1O. The Balaban J connectivity index is 2.19. The highest BCUT2D eigenvalue weighted by atomic mass is 16.4. The molecule has 1 aliphatic rings. The maximum absolute atomic E-state index is 10.3. The van der Waals surface area contributed by atoms with E-state index in [9.17, 15) is 9.90 Å². The molecule has 0 radical (unpaired) electrons. The van der Waals surface area contributed by atoms with Gasteiger partial charge in [-0.15, -0.1) is 0 Å². The molecule has 5 nitrogen and oxygen atoms in total. The van der Waals surface area contributed by atoms with E-state index in [1.54, 1.807) is 0 Å². The number of nitrogens with one attached hydrogen (secondary N) is 1. The quantitative estimate of drug-likeness (QED) is 0.540. The van der Waals surface area contributed by atoms with Gasteiger partial charge in [0, 0.05) is 19.1 Å². The third-order valence-electron chi connectivity index (χ3n) is 2.53. The van der Waals surface area contributed by atoms with Crippen LogP contribution in [0.5, 0.6) is 0 Å². The molecule has 0 bridgehead atoms. The molecular formula is C9H18N2O3. The molecule has 5 heteroatoms. The Labute approximate surface area is 83.7 Å². The first-order valence-electron chi connectivity index (χ1n) is 4.91. The molecule has 1 saturated heterocycles. The van der Waals surface area contributed by atoms with Crippen molar-refractivity contribution in [2.45, 2.75) is 25.0 Å². The van der Waals surface area contributed by atoms with E-state index >= 15 is 0 Å². The predicted molar refractivity (Wildman–Crippen MR) is 52.2 cm³/mol.